The largest absolute Gasteiger partial charge is 0.477 e. The molecule has 1 N–H and O–H groups in total. The highest BCUT2D eigenvalue weighted by atomic mass is 16.5. The van der Waals surface area contributed by atoms with Gasteiger partial charge in [-0.3, -0.25) is 9.59 Å². The lowest BCUT2D eigenvalue weighted by atomic mass is 10.1. The lowest BCUT2D eigenvalue weighted by Crippen LogP contribution is -2.50. The zero-order chi connectivity index (χ0) is 14.1. The van der Waals surface area contributed by atoms with Gasteiger partial charge in [0.15, 0.2) is 6.10 Å². The number of carbonyl (C=O) groups excluding carboxylic acids is 2. The molecule has 1 aromatic rings. The summed E-state index contributed by atoms with van der Waals surface area (Å²) < 4.78 is 5.72. The van der Waals surface area contributed by atoms with E-state index in [9.17, 15) is 9.59 Å². The maximum Gasteiger partial charge on any atom is 0.262 e. The van der Waals surface area contributed by atoms with Gasteiger partial charge in [0.2, 0.25) is 5.91 Å². The summed E-state index contributed by atoms with van der Waals surface area (Å²) in [4.78, 5) is 25.5. The van der Waals surface area contributed by atoms with E-state index in [0.29, 0.717) is 18.2 Å². The van der Waals surface area contributed by atoms with Crippen LogP contribution in [0.3, 0.4) is 0 Å². The maximum absolute atomic E-state index is 12.1. The van der Waals surface area contributed by atoms with Gasteiger partial charge in [-0.05, 0) is 30.9 Å². The molecule has 1 fully saturated rings. The van der Waals surface area contributed by atoms with E-state index in [-0.39, 0.29) is 18.4 Å². The van der Waals surface area contributed by atoms with Crippen molar-refractivity contribution < 1.29 is 14.3 Å². The molecule has 0 aromatic heterocycles. The van der Waals surface area contributed by atoms with Crippen LogP contribution in [0.15, 0.2) is 24.3 Å². The van der Waals surface area contributed by atoms with Crippen molar-refractivity contribution in [3.05, 3.63) is 24.3 Å². The van der Waals surface area contributed by atoms with Crippen LogP contribution in [0.2, 0.25) is 0 Å². The molecular formula is C15H18N2O3. The van der Waals surface area contributed by atoms with Gasteiger partial charge in [-0.25, -0.2) is 0 Å². The molecule has 5 heteroatoms. The molecule has 1 aromatic carbocycles. The van der Waals surface area contributed by atoms with Crippen LogP contribution in [0.25, 0.3) is 0 Å². The SMILES string of the molecule is CC(=O)N1CC(C(=O)NCC2CC2)Oc2ccccc21. The van der Waals surface area contributed by atoms with E-state index in [1.165, 1.54) is 19.8 Å². The Kier molecular flexibility index (Phi) is 3.34. The van der Waals surface area contributed by atoms with Gasteiger partial charge in [-0.15, -0.1) is 0 Å². The Morgan fingerprint density at radius 1 is 1.35 bits per heavy atom. The first-order chi connectivity index (χ1) is 9.65. The molecule has 1 unspecified atom stereocenters. The minimum atomic E-state index is -0.632. The van der Waals surface area contributed by atoms with E-state index in [2.05, 4.69) is 5.32 Å². The Hall–Kier alpha value is -2.04. The number of fused-ring (bicyclic) bond motifs is 1. The maximum atomic E-state index is 12.1. The number of para-hydroxylation sites is 2. The quantitative estimate of drug-likeness (QED) is 0.904. The fourth-order valence-corrected chi connectivity index (χ4v) is 2.35. The fourth-order valence-electron chi connectivity index (χ4n) is 2.35. The van der Waals surface area contributed by atoms with E-state index < -0.39 is 6.10 Å². The molecule has 20 heavy (non-hydrogen) atoms. The van der Waals surface area contributed by atoms with E-state index in [4.69, 9.17) is 4.74 Å². The number of nitrogens with one attached hydrogen (secondary N) is 1. The van der Waals surface area contributed by atoms with Gasteiger partial charge in [0, 0.05) is 13.5 Å². The normalized spacial score (nSPS) is 20.9. The molecule has 0 saturated heterocycles. The third kappa shape index (κ3) is 2.61. The second-order valence-corrected chi connectivity index (χ2v) is 5.39. The summed E-state index contributed by atoms with van der Waals surface area (Å²) in [7, 11) is 0. The predicted octanol–water partition coefficient (Wildman–Crippen LogP) is 1.33. The molecule has 1 heterocycles. The molecule has 5 nitrogen and oxygen atoms in total. The number of hydrogen-bond donors (Lipinski definition) is 1. The van der Waals surface area contributed by atoms with Crippen LogP contribution in [0.4, 0.5) is 5.69 Å². The molecule has 2 amide bonds. The summed E-state index contributed by atoms with van der Waals surface area (Å²) in [5.74, 6) is 0.984. The molecule has 0 bridgehead atoms. The van der Waals surface area contributed by atoms with Crippen LogP contribution >= 0.6 is 0 Å². The topological polar surface area (TPSA) is 58.6 Å². The minimum Gasteiger partial charge on any atom is -0.477 e. The van der Waals surface area contributed by atoms with E-state index in [0.717, 1.165) is 5.69 Å². The first-order valence-corrected chi connectivity index (χ1v) is 6.96. The molecule has 0 spiro atoms. The minimum absolute atomic E-state index is 0.0826. The molecule has 1 aliphatic carbocycles. The van der Waals surface area contributed by atoms with Gasteiger partial charge in [0.25, 0.3) is 5.91 Å². The van der Waals surface area contributed by atoms with Gasteiger partial charge < -0.3 is 15.0 Å². The Balaban J connectivity index is 1.74. The van der Waals surface area contributed by atoms with Gasteiger partial charge in [0.1, 0.15) is 5.75 Å². The van der Waals surface area contributed by atoms with Crippen molar-refractivity contribution >= 4 is 17.5 Å². The molecule has 0 radical (unpaired) electrons. The van der Waals surface area contributed by atoms with Crippen molar-refractivity contribution in [1.29, 1.82) is 0 Å². The Morgan fingerprint density at radius 2 is 2.10 bits per heavy atom. The second kappa shape index (κ2) is 5.15. The Bertz CT molecular complexity index is 540. The number of anilines is 1. The molecular weight excluding hydrogens is 256 g/mol. The van der Waals surface area contributed by atoms with Crippen LogP contribution in [0, 0.1) is 5.92 Å². The summed E-state index contributed by atoms with van der Waals surface area (Å²) in [6, 6.07) is 7.30. The summed E-state index contributed by atoms with van der Waals surface area (Å²) in [5, 5.41) is 2.90. The van der Waals surface area contributed by atoms with Crippen LogP contribution in [0.5, 0.6) is 5.75 Å². The van der Waals surface area contributed by atoms with E-state index in [1.807, 2.05) is 18.2 Å². The van der Waals surface area contributed by atoms with Gasteiger partial charge in [-0.1, -0.05) is 12.1 Å². The summed E-state index contributed by atoms with van der Waals surface area (Å²) >= 11 is 0. The molecule has 1 saturated carbocycles. The molecule has 1 aliphatic heterocycles. The molecule has 106 valence electrons. The van der Waals surface area contributed by atoms with Crippen LogP contribution in [0.1, 0.15) is 19.8 Å². The average Bonchev–Trinajstić information content (AvgIpc) is 3.27. The lowest BCUT2D eigenvalue weighted by molar-refractivity contribution is -0.128. The van der Waals surface area contributed by atoms with Gasteiger partial charge in [0.05, 0.1) is 12.2 Å². The third-order valence-electron chi connectivity index (χ3n) is 3.71. The lowest BCUT2D eigenvalue weighted by Gasteiger charge is -2.33. The van der Waals surface area contributed by atoms with Gasteiger partial charge in [-0.2, -0.15) is 0 Å². The van der Waals surface area contributed by atoms with Crippen molar-refractivity contribution in [3.8, 4) is 5.75 Å². The van der Waals surface area contributed by atoms with Crippen molar-refractivity contribution in [2.45, 2.75) is 25.9 Å². The highest BCUT2D eigenvalue weighted by molar-refractivity contribution is 5.95. The first-order valence-electron chi connectivity index (χ1n) is 6.96. The van der Waals surface area contributed by atoms with Crippen molar-refractivity contribution in [2.24, 2.45) is 5.92 Å². The van der Waals surface area contributed by atoms with E-state index in [1.54, 1.807) is 11.0 Å². The van der Waals surface area contributed by atoms with Gasteiger partial charge >= 0.3 is 0 Å². The van der Waals surface area contributed by atoms with Crippen molar-refractivity contribution in [2.75, 3.05) is 18.0 Å². The standard InChI is InChI=1S/C15H18N2O3/c1-10(18)17-9-14(15(19)16-8-11-6-7-11)20-13-5-3-2-4-12(13)17/h2-5,11,14H,6-9H2,1H3,(H,16,19). The third-order valence-corrected chi connectivity index (χ3v) is 3.71. The Labute approximate surface area is 117 Å². The van der Waals surface area contributed by atoms with Crippen LogP contribution < -0.4 is 15.0 Å². The number of carbonyl (C=O) groups is 2. The number of benzene rings is 1. The predicted molar refractivity (Wildman–Crippen MR) is 74.6 cm³/mol. The highest BCUT2D eigenvalue weighted by Crippen LogP contribution is 2.33. The molecule has 1 atom stereocenters. The number of hydrogen-bond acceptors (Lipinski definition) is 3. The van der Waals surface area contributed by atoms with Crippen molar-refractivity contribution in [1.82, 2.24) is 5.32 Å². The summed E-state index contributed by atoms with van der Waals surface area (Å²) in [6.07, 6.45) is 1.75. The average molecular weight is 274 g/mol. The first kappa shape index (κ1) is 13.0. The van der Waals surface area contributed by atoms with Crippen molar-refractivity contribution in [3.63, 3.8) is 0 Å². The zero-order valence-electron chi connectivity index (χ0n) is 11.5. The summed E-state index contributed by atoms with van der Waals surface area (Å²) in [5.41, 5.74) is 0.728. The van der Waals surface area contributed by atoms with E-state index >= 15 is 0 Å². The van der Waals surface area contributed by atoms with Crippen LogP contribution in [-0.2, 0) is 9.59 Å². The smallest absolute Gasteiger partial charge is 0.262 e. The number of ether oxygens (including phenoxy) is 1. The number of nitrogens with zero attached hydrogens (tertiary/aromatic N) is 1. The molecule has 3 rings (SSSR count). The zero-order valence-corrected chi connectivity index (χ0v) is 11.5. The monoisotopic (exact) mass is 274 g/mol. The number of rotatable bonds is 3. The molecule has 2 aliphatic rings. The summed E-state index contributed by atoms with van der Waals surface area (Å²) in [6.45, 7) is 2.48. The Morgan fingerprint density at radius 3 is 2.80 bits per heavy atom. The fraction of sp³-hybridized carbons (Fsp3) is 0.467. The highest BCUT2D eigenvalue weighted by Gasteiger charge is 2.33. The number of amides is 2. The second-order valence-electron chi connectivity index (χ2n) is 5.39. The van der Waals surface area contributed by atoms with Crippen LogP contribution in [-0.4, -0.2) is 31.0 Å².